The molecule has 1 aliphatic heterocycles. The Morgan fingerprint density at radius 2 is 1.77 bits per heavy atom. The second kappa shape index (κ2) is 7.93. The van der Waals surface area contributed by atoms with Crippen molar-refractivity contribution in [1.82, 2.24) is 14.3 Å². The number of benzene rings is 2. The topological polar surface area (TPSA) is 41.0 Å². The lowest BCUT2D eigenvalue weighted by Crippen LogP contribution is -2.38. The van der Waals surface area contributed by atoms with Crippen LogP contribution in [0, 0.1) is 5.82 Å². The Bertz CT molecular complexity index is 827. The maximum Gasteiger partial charge on any atom is 0.203 e. The van der Waals surface area contributed by atoms with E-state index in [9.17, 15) is 4.39 Å². The number of piperidine rings is 1. The van der Waals surface area contributed by atoms with Crippen molar-refractivity contribution in [2.45, 2.75) is 25.4 Å². The molecule has 1 aliphatic rings. The third-order valence-corrected chi connectivity index (χ3v) is 5.34. The quantitative estimate of drug-likeness (QED) is 0.724. The molecule has 3 aromatic rings. The molecule has 1 fully saturated rings. The monoisotopic (exact) mass is 368 g/mol. The number of hydrogen-bond acceptors (Lipinski definition) is 5. The summed E-state index contributed by atoms with van der Waals surface area (Å²) in [5, 5.41) is 4.42. The van der Waals surface area contributed by atoms with Crippen LogP contribution in [0.25, 0.3) is 11.4 Å². The highest BCUT2D eigenvalue weighted by Crippen LogP contribution is 2.23. The first-order chi connectivity index (χ1) is 12.8. The number of anilines is 1. The highest BCUT2D eigenvalue weighted by atomic mass is 32.1. The molecule has 0 saturated carbocycles. The molecule has 4 rings (SSSR count). The van der Waals surface area contributed by atoms with Gasteiger partial charge in [-0.3, -0.25) is 4.90 Å². The number of aromatic nitrogens is 2. The first-order valence-corrected chi connectivity index (χ1v) is 9.66. The van der Waals surface area contributed by atoms with Crippen molar-refractivity contribution in [1.29, 1.82) is 0 Å². The molecular formula is C20H21FN4S. The summed E-state index contributed by atoms with van der Waals surface area (Å²) < 4.78 is 17.5. The summed E-state index contributed by atoms with van der Waals surface area (Å²) in [4.78, 5) is 7.03. The van der Waals surface area contributed by atoms with Gasteiger partial charge in [0, 0.05) is 42.8 Å². The van der Waals surface area contributed by atoms with E-state index in [4.69, 9.17) is 0 Å². The third kappa shape index (κ3) is 4.26. The number of rotatable bonds is 5. The number of nitrogens with zero attached hydrogens (tertiary/aromatic N) is 3. The summed E-state index contributed by atoms with van der Waals surface area (Å²) in [5.41, 5.74) is 2.21. The van der Waals surface area contributed by atoms with Crippen LogP contribution in [-0.4, -0.2) is 33.4 Å². The van der Waals surface area contributed by atoms with Crippen LogP contribution in [0.4, 0.5) is 9.52 Å². The van der Waals surface area contributed by atoms with E-state index in [1.54, 1.807) is 0 Å². The average Bonchev–Trinajstić information content (AvgIpc) is 3.14. The van der Waals surface area contributed by atoms with E-state index < -0.39 is 0 Å². The van der Waals surface area contributed by atoms with Crippen molar-refractivity contribution in [3.8, 4) is 11.4 Å². The van der Waals surface area contributed by atoms with Crippen LogP contribution in [0.15, 0.2) is 54.6 Å². The molecule has 4 nitrogen and oxygen atoms in total. The zero-order valence-electron chi connectivity index (χ0n) is 14.4. The molecule has 2 heterocycles. The lowest BCUT2D eigenvalue weighted by molar-refractivity contribution is 0.211. The summed E-state index contributed by atoms with van der Waals surface area (Å²) in [6, 6.07) is 17.3. The molecule has 1 saturated heterocycles. The van der Waals surface area contributed by atoms with Gasteiger partial charge in [-0.2, -0.15) is 9.36 Å². The molecule has 0 bridgehead atoms. The maximum atomic E-state index is 13.0. The van der Waals surface area contributed by atoms with Gasteiger partial charge in [-0.05, 0) is 30.5 Å². The summed E-state index contributed by atoms with van der Waals surface area (Å²) in [7, 11) is 0. The predicted octanol–water partition coefficient (Wildman–Crippen LogP) is 4.42. The van der Waals surface area contributed by atoms with Crippen LogP contribution < -0.4 is 5.32 Å². The fourth-order valence-corrected chi connectivity index (χ4v) is 3.91. The SMILES string of the molecule is Fc1ccc(CN2CCC(Nc3nc(-c4ccccc4)ns3)CC2)cc1. The van der Waals surface area contributed by atoms with Gasteiger partial charge in [-0.1, -0.05) is 42.5 Å². The molecule has 0 aliphatic carbocycles. The van der Waals surface area contributed by atoms with Crippen LogP contribution in [0.5, 0.6) is 0 Å². The molecule has 6 heteroatoms. The summed E-state index contributed by atoms with van der Waals surface area (Å²) >= 11 is 1.42. The standard InChI is InChI=1S/C20H21FN4S/c21-17-8-6-15(7-9-17)14-25-12-10-18(11-13-25)22-20-23-19(24-26-20)16-4-2-1-3-5-16/h1-9,18H,10-14H2,(H,22,23,24). The Labute approximate surface area is 156 Å². The lowest BCUT2D eigenvalue weighted by Gasteiger charge is -2.32. The molecule has 134 valence electrons. The van der Waals surface area contributed by atoms with Gasteiger partial charge in [0.05, 0.1) is 0 Å². The summed E-state index contributed by atoms with van der Waals surface area (Å²) in [6.45, 7) is 2.93. The van der Waals surface area contributed by atoms with Gasteiger partial charge >= 0.3 is 0 Å². The fourth-order valence-electron chi connectivity index (χ4n) is 3.24. The first kappa shape index (κ1) is 17.1. The number of hydrogen-bond donors (Lipinski definition) is 1. The van der Waals surface area contributed by atoms with Crippen LogP contribution in [0.2, 0.25) is 0 Å². The molecule has 0 amide bonds. The van der Waals surface area contributed by atoms with Crippen molar-refractivity contribution in [2.24, 2.45) is 0 Å². The molecule has 0 spiro atoms. The van der Waals surface area contributed by atoms with E-state index in [0.717, 1.165) is 54.6 Å². The normalized spacial score (nSPS) is 15.9. The second-order valence-corrected chi connectivity index (χ2v) is 7.36. The third-order valence-electron chi connectivity index (χ3n) is 4.69. The number of halogens is 1. The lowest BCUT2D eigenvalue weighted by atomic mass is 10.0. The molecule has 26 heavy (non-hydrogen) atoms. The van der Waals surface area contributed by atoms with Crippen LogP contribution in [0.1, 0.15) is 18.4 Å². The largest absolute Gasteiger partial charge is 0.357 e. The van der Waals surface area contributed by atoms with Crippen molar-refractivity contribution >= 4 is 16.7 Å². The number of nitrogens with one attached hydrogen (secondary N) is 1. The minimum absolute atomic E-state index is 0.177. The van der Waals surface area contributed by atoms with Gasteiger partial charge in [0.2, 0.25) is 5.13 Å². The van der Waals surface area contributed by atoms with Crippen molar-refractivity contribution < 1.29 is 4.39 Å². The van der Waals surface area contributed by atoms with E-state index in [0.29, 0.717) is 6.04 Å². The smallest absolute Gasteiger partial charge is 0.203 e. The van der Waals surface area contributed by atoms with Gasteiger partial charge in [0.15, 0.2) is 5.82 Å². The van der Waals surface area contributed by atoms with E-state index in [1.807, 2.05) is 42.5 Å². The Morgan fingerprint density at radius 3 is 2.50 bits per heavy atom. The first-order valence-electron chi connectivity index (χ1n) is 8.89. The second-order valence-electron chi connectivity index (χ2n) is 6.61. The minimum atomic E-state index is -0.177. The Balaban J connectivity index is 1.29. The van der Waals surface area contributed by atoms with Crippen molar-refractivity contribution in [3.63, 3.8) is 0 Å². The fraction of sp³-hybridized carbons (Fsp3) is 0.300. The zero-order chi connectivity index (χ0) is 17.8. The van der Waals surface area contributed by atoms with Gasteiger partial charge in [-0.25, -0.2) is 4.39 Å². The highest BCUT2D eigenvalue weighted by molar-refractivity contribution is 7.09. The van der Waals surface area contributed by atoms with Gasteiger partial charge in [0.25, 0.3) is 0 Å². The predicted molar refractivity (Wildman–Crippen MR) is 104 cm³/mol. The van der Waals surface area contributed by atoms with Gasteiger partial charge in [-0.15, -0.1) is 0 Å². The zero-order valence-corrected chi connectivity index (χ0v) is 15.3. The molecule has 2 aromatic carbocycles. The molecular weight excluding hydrogens is 347 g/mol. The van der Waals surface area contributed by atoms with Crippen LogP contribution >= 0.6 is 11.5 Å². The van der Waals surface area contributed by atoms with E-state index in [1.165, 1.54) is 23.7 Å². The minimum Gasteiger partial charge on any atom is -0.357 e. The van der Waals surface area contributed by atoms with Gasteiger partial charge in [0.1, 0.15) is 5.82 Å². The molecule has 1 N–H and O–H groups in total. The average molecular weight is 368 g/mol. The van der Waals surface area contributed by atoms with E-state index >= 15 is 0 Å². The van der Waals surface area contributed by atoms with Crippen LogP contribution in [0.3, 0.4) is 0 Å². The Hall–Kier alpha value is -2.31. The molecule has 0 radical (unpaired) electrons. The maximum absolute atomic E-state index is 13.0. The molecule has 1 aromatic heterocycles. The summed E-state index contributed by atoms with van der Waals surface area (Å²) in [6.07, 6.45) is 2.14. The molecule has 0 atom stereocenters. The highest BCUT2D eigenvalue weighted by Gasteiger charge is 2.20. The van der Waals surface area contributed by atoms with Crippen molar-refractivity contribution in [3.05, 3.63) is 66.0 Å². The van der Waals surface area contributed by atoms with Gasteiger partial charge < -0.3 is 5.32 Å². The molecule has 0 unspecified atom stereocenters. The van der Waals surface area contributed by atoms with E-state index in [-0.39, 0.29) is 5.82 Å². The van der Waals surface area contributed by atoms with Crippen molar-refractivity contribution in [2.75, 3.05) is 18.4 Å². The van der Waals surface area contributed by atoms with E-state index in [2.05, 4.69) is 19.6 Å². The Morgan fingerprint density at radius 1 is 1.04 bits per heavy atom. The van der Waals surface area contributed by atoms with Crippen LogP contribution in [-0.2, 0) is 6.54 Å². The number of likely N-dealkylation sites (tertiary alicyclic amines) is 1. The summed E-state index contributed by atoms with van der Waals surface area (Å²) in [5.74, 6) is 0.607. The Kier molecular flexibility index (Phi) is 5.22.